The van der Waals surface area contributed by atoms with Crippen LogP contribution in [0.25, 0.3) is 0 Å². The van der Waals surface area contributed by atoms with Crippen LogP contribution in [-0.2, 0) is 28.8 Å². The van der Waals surface area contributed by atoms with Crippen molar-refractivity contribution in [2.24, 2.45) is 11.5 Å². The maximum absolute atomic E-state index is 12.1. The Hall–Kier alpha value is -3.26. The molecular weight excluding hydrogens is 370 g/mol. The van der Waals surface area contributed by atoms with Gasteiger partial charge in [-0.1, -0.05) is 0 Å². The zero-order chi connectivity index (χ0) is 21.1. The lowest BCUT2D eigenvalue weighted by Crippen LogP contribution is -2.58. The van der Waals surface area contributed by atoms with Crippen molar-refractivity contribution in [1.82, 2.24) is 16.0 Å². The number of nitrogens with two attached hydrogens (primary N) is 2. The maximum atomic E-state index is 12.1. The van der Waals surface area contributed by atoms with Crippen LogP contribution in [0.2, 0.25) is 0 Å². The van der Waals surface area contributed by atoms with E-state index >= 15 is 0 Å². The van der Waals surface area contributed by atoms with E-state index in [-0.39, 0.29) is 0 Å². The number of carboxylic acid groups (broad SMARTS) is 2. The molecule has 0 aliphatic rings. The van der Waals surface area contributed by atoms with E-state index in [9.17, 15) is 28.8 Å². The number of aliphatic hydroxyl groups excluding tert-OH is 1. The maximum Gasteiger partial charge on any atom is 0.326 e. The minimum absolute atomic E-state index is 0.482. The number of aliphatic carboxylic acids is 2. The molecule has 0 aliphatic heterocycles. The van der Waals surface area contributed by atoms with E-state index in [4.69, 9.17) is 26.8 Å². The van der Waals surface area contributed by atoms with Gasteiger partial charge in [-0.05, 0) is 0 Å². The molecular formula is C13H21N5O9. The smallest absolute Gasteiger partial charge is 0.326 e. The lowest BCUT2D eigenvalue weighted by atomic mass is 10.1. The Morgan fingerprint density at radius 2 is 1.33 bits per heavy atom. The normalized spacial score (nSPS) is 13.6. The van der Waals surface area contributed by atoms with Gasteiger partial charge in [-0.2, -0.15) is 0 Å². The molecule has 10 N–H and O–H groups in total. The first-order valence-corrected chi connectivity index (χ1v) is 7.45. The summed E-state index contributed by atoms with van der Waals surface area (Å²) in [7, 11) is 0. The summed E-state index contributed by atoms with van der Waals surface area (Å²) in [5, 5.41) is 32.6. The SMILES string of the molecule is NCC(=O)NC(CO)C(=O)NC(CC(N)=O)C(=O)NC(CC(=O)O)C(=O)O. The van der Waals surface area contributed by atoms with Gasteiger partial charge in [0.05, 0.1) is 26.0 Å². The Kier molecular flexibility index (Phi) is 10.0. The lowest BCUT2D eigenvalue weighted by molar-refractivity contribution is -0.147. The molecule has 0 rings (SSSR count). The second kappa shape index (κ2) is 11.4. The minimum Gasteiger partial charge on any atom is -0.481 e. The number of hydrogen-bond donors (Lipinski definition) is 8. The molecule has 0 spiro atoms. The van der Waals surface area contributed by atoms with Crippen molar-refractivity contribution >= 4 is 35.6 Å². The van der Waals surface area contributed by atoms with E-state index in [1.54, 1.807) is 0 Å². The number of rotatable bonds is 12. The van der Waals surface area contributed by atoms with Crippen LogP contribution in [0.3, 0.4) is 0 Å². The Morgan fingerprint density at radius 1 is 0.815 bits per heavy atom. The highest BCUT2D eigenvalue weighted by molar-refractivity contribution is 5.96. The first-order valence-electron chi connectivity index (χ1n) is 7.45. The van der Waals surface area contributed by atoms with Gasteiger partial charge in [0.2, 0.25) is 23.6 Å². The van der Waals surface area contributed by atoms with Gasteiger partial charge in [0.1, 0.15) is 18.1 Å². The van der Waals surface area contributed by atoms with Crippen LogP contribution in [0, 0.1) is 0 Å². The highest BCUT2D eigenvalue weighted by Gasteiger charge is 2.31. The predicted octanol–water partition coefficient (Wildman–Crippen LogP) is -5.17. The average molecular weight is 391 g/mol. The fraction of sp³-hybridized carbons (Fsp3) is 0.538. The average Bonchev–Trinajstić information content (AvgIpc) is 2.56. The Morgan fingerprint density at radius 3 is 1.74 bits per heavy atom. The monoisotopic (exact) mass is 391 g/mol. The second-order valence-corrected chi connectivity index (χ2v) is 5.24. The van der Waals surface area contributed by atoms with Crippen LogP contribution in [0.4, 0.5) is 0 Å². The van der Waals surface area contributed by atoms with Gasteiger partial charge in [0.15, 0.2) is 0 Å². The third kappa shape index (κ3) is 9.13. The van der Waals surface area contributed by atoms with E-state index in [1.807, 2.05) is 10.6 Å². The standard InChI is InChI=1S/C13H21N5O9/c14-3-9(21)16-7(4-19)12(25)17-5(1-8(15)20)11(24)18-6(13(26)27)2-10(22)23/h5-7,19H,1-4,14H2,(H2,15,20)(H,16,21)(H,17,25)(H,18,24)(H,22,23)(H,26,27). The number of primary amides is 1. The van der Waals surface area contributed by atoms with Crippen LogP contribution in [0.1, 0.15) is 12.8 Å². The molecule has 152 valence electrons. The molecule has 0 radical (unpaired) electrons. The summed E-state index contributed by atoms with van der Waals surface area (Å²) in [5.74, 6) is -7.26. The topological polar surface area (TPSA) is 251 Å². The Bertz CT molecular complexity index is 609. The summed E-state index contributed by atoms with van der Waals surface area (Å²) in [6.45, 7) is -1.34. The summed E-state index contributed by atoms with van der Waals surface area (Å²) < 4.78 is 0. The first-order chi connectivity index (χ1) is 12.5. The summed E-state index contributed by atoms with van der Waals surface area (Å²) in [5.41, 5.74) is 10.0. The number of carbonyl (C=O) groups excluding carboxylic acids is 4. The first kappa shape index (κ1) is 23.7. The van der Waals surface area contributed by atoms with Gasteiger partial charge >= 0.3 is 11.9 Å². The summed E-state index contributed by atoms with van der Waals surface area (Å²) in [6.07, 6.45) is -1.70. The van der Waals surface area contributed by atoms with E-state index in [1.165, 1.54) is 0 Å². The Labute approximate surface area is 152 Å². The molecule has 14 nitrogen and oxygen atoms in total. The van der Waals surface area contributed by atoms with E-state index in [0.717, 1.165) is 0 Å². The van der Waals surface area contributed by atoms with Gasteiger partial charge < -0.3 is 42.7 Å². The largest absolute Gasteiger partial charge is 0.481 e. The zero-order valence-corrected chi connectivity index (χ0v) is 14.0. The molecule has 0 bridgehead atoms. The van der Waals surface area contributed by atoms with Crippen LogP contribution in [0.15, 0.2) is 0 Å². The molecule has 0 aromatic carbocycles. The van der Waals surface area contributed by atoms with Crippen LogP contribution >= 0.6 is 0 Å². The van der Waals surface area contributed by atoms with Crippen molar-refractivity contribution in [2.75, 3.05) is 13.2 Å². The fourth-order valence-electron chi connectivity index (χ4n) is 1.78. The van der Waals surface area contributed by atoms with Crippen molar-refractivity contribution in [3.8, 4) is 0 Å². The van der Waals surface area contributed by atoms with Crippen LogP contribution < -0.4 is 27.4 Å². The number of aliphatic hydroxyl groups is 1. The molecule has 0 aromatic rings. The third-order valence-corrected chi connectivity index (χ3v) is 3.05. The molecule has 3 unspecified atom stereocenters. The molecule has 0 aliphatic carbocycles. The van der Waals surface area contributed by atoms with Crippen LogP contribution in [-0.4, -0.2) is 82.2 Å². The molecule has 27 heavy (non-hydrogen) atoms. The highest BCUT2D eigenvalue weighted by atomic mass is 16.4. The van der Waals surface area contributed by atoms with Crippen molar-refractivity contribution in [1.29, 1.82) is 0 Å². The molecule has 3 atom stereocenters. The van der Waals surface area contributed by atoms with E-state index in [0.29, 0.717) is 0 Å². The van der Waals surface area contributed by atoms with Crippen molar-refractivity contribution in [3.63, 3.8) is 0 Å². The van der Waals surface area contributed by atoms with Crippen molar-refractivity contribution in [2.45, 2.75) is 31.0 Å². The molecule has 0 fully saturated rings. The number of amides is 4. The molecule has 0 saturated heterocycles. The second-order valence-electron chi connectivity index (χ2n) is 5.24. The van der Waals surface area contributed by atoms with Gasteiger partial charge in [-0.15, -0.1) is 0 Å². The third-order valence-electron chi connectivity index (χ3n) is 3.05. The van der Waals surface area contributed by atoms with E-state index < -0.39 is 79.7 Å². The molecule has 4 amide bonds. The van der Waals surface area contributed by atoms with Gasteiger partial charge in [-0.3, -0.25) is 24.0 Å². The quantitative estimate of drug-likeness (QED) is 0.157. The van der Waals surface area contributed by atoms with Gasteiger partial charge in [0, 0.05) is 0 Å². The predicted molar refractivity (Wildman–Crippen MR) is 85.6 cm³/mol. The Balaban J connectivity index is 5.23. The summed E-state index contributed by atoms with van der Waals surface area (Å²) >= 11 is 0. The highest BCUT2D eigenvalue weighted by Crippen LogP contribution is 1.99. The van der Waals surface area contributed by atoms with Gasteiger partial charge in [-0.25, -0.2) is 4.79 Å². The minimum atomic E-state index is -1.83. The number of nitrogens with one attached hydrogen (secondary N) is 3. The van der Waals surface area contributed by atoms with E-state index in [2.05, 4.69) is 5.32 Å². The number of carbonyl (C=O) groups is 6. The van der Waals surface area contributed by atoms with Crippen molar-refractivity contribution < 1.29 is 44.1 Å². The summed E-state index contributed by atoms with van der Waals surface area (Å²) in [4.78, 5) is 68.1. The van der Waals surface area contributed by atoms with Crippen molar-refractivity contribution in [3.05, 3.63) is 0 Å². The number of carboxylic acids is 2. The molecule has 14 heteroatoms. The fourth-order valence-corrected chi connectivity index (χ4v) is 1.78. The van der Waals surface area contributed by atoms with Crippen LogP contribution in [0.5, 0.6) is 0 Å². The zero-order valence-electron chi connectivity index (χ0n) is 14.0. The molecule has 0 aromatic heterocycles. The van der Waals surface area contributed by atoms with Gasteiger partial charge in [0.25, 0.3) is 0 Å². The lowest BCUT2D eigenvalue weighted by Gasteiger charge is -2.22. The summed E-state index contributed by atoms with van der Waals surface area (Å²) in [6, 6.07) is -5.00. The number of hydrogen-bond acceptors (Lipinski definition) is 8. The molecule has 0 heterocycles. The molecule has 0 saturated carbocycles.